The zero-order valence-electron chi connectivity index (χ0n) is 12.4. The van der Waals surface area contributed by atoms with Crippen LogP contribution in [0.2, 0.25) is 0 Å². The summed E-state index contributed by atoms with van der Waals surface area (Å²) in [6.45, 7) is 2.22. The van der Waals surface area contributed by atoms with Gasteiger partial charge in [0.2, 0.25) is 0 Å². The lowest BCUT2D eigenvalue weighted by molar-refractivity contribution is 0.0758. The zero-order chi connectivity index (χ0) is 14.0. The number of amides is 1. The molecule has 1 spiro atoms. The third-order valence-corrected chi connectivity index (χ3v) is 4.91. The van der Waals surface area contributed by atoms with Crippen LogP contribution in [0.25, 0.3) is 0 Å². The molecule has 0 aromatic carbocycles. The van der Waals surface area contributed by atoms with Crippen LogP contribution in [0.5, 0.6) is 0 Å². The molecule has 2 fully saturated rings. The van der Waals surface area contributed by atoms with Crippen molar-refractivity contribution < 1.29 is 4.79 Å². The van der Waals surface area contributed by atoms with Crippen molar-refractivity contribution in [3.8, 4) is 0 Å². The molecule has 4 nitrogen and oxygen atoms in total. The van der Waals surface area contributed by atoms with E-state index >= 15 is 0 Å². The topological polar surface area (TPSA) is 59.2 Å². The maximum Gasteiger partial charge on any atom is 0.253 e. The van der Waals surface area contributed by atoms with Crippen LogP contribution in [0.1, 0.15) is 54.6 Å². The lowest BCUT2D eigenvalue weighted by Crippen LogP contribution is -2.33. The zero-order valence-corrected chi connectivity index (χ0v) is 13.2. The van der Waals surface area contributed by atoms with Gasteiger partial charge < -0.3 is 10.6 Å². The van der Waals surface area contributed by atoms with Gasteiger partial charge in [0.05, 0.1) is 5.69 Å². The van der Waals surface area contributed by atoms with E-state index in [0.29, 0.717) is 12.0 Å². The molecule has 5 heteroatoms. The van der Waals surface area contributed by atoms with E-state index in [2.05, 4.69) is 4.98 Å². The highest BCUT2D eigenvalue weighted by molar-refractivity contribution is 5.94. The highest BCUT2D eigenvalue weighted by Crippen LogP contribution is 2.43. The van der Waals surface area contributed by atoms with Crippen molar-refractivity contribution in [1.82, 2.24) is 9.88 Å². The summed E-state index contributed by atoms with van der Waals surface area (Å²) in [5.74, 6) is 0.143. The van der Waals surface area contributed by atoms with Gasteiger partial charge in [-0.05, 0) is 36.8 Å². The number of aromatic nitrogens is 1. The summed E-state index contributed by atoms with van der Waals surface area (Å²) in [5.41, 5.74) is 7.52. The van der Waals surface area contributed by atoms with Crippen molar-refractivity contribution in [2.24, 2.45) is 11.1 Å². The number of carbonyl (C=O) groups excluding carboxylic acids is 1. The normalized spacial score (nSPS) is 20.3. The van der Waals surface area contributed by atoms with Gasteiger partial charge in [-0.15, -0.1) is 12.4 Å². The first kappa shape index (κ1) is 16.2. The van der Waals surface area contributed by atoms with Gasteiger partial charge in [0.25, 0.3) is 5.91 Å². The highest BCUT2D eigenvalue weighted by atomic mass is 35.5. The second-order valence-corrected chi connectivity index (χ2v) is 6.28. The van der Waals surface area contributed by atoms with E-state index in [9.17, 15) is 4.79 Å². The minimum atomic E-state index is 0. The van der Waals surface area contributed by atoms with Crippen molar-refractivity contribution in [3.63, 3.8) is 0 Å². The Balaban J connectivity index is 0.00000161. The summed E-state index contributed by atoms with van der Waals surface area (Å²) in [6.07, 6.45) is 9.46. The van der Waals surface area contributed by atoms with Gasteiger partial charge in [-0.3, -0.25) is 9.78 Å². The predicted octanol–water partition coefficient (Wildman–Crippen LogP) is 2.76. The van der Waals surface area contributed by atoms with Crippen LogP contribution in [0.4, 0.5) is 0 Å². The van der Waals surface area contributed by atoms with Gasteiger partial charge in [-0.25, -0.2) is 0 Å². The number of hydrogen-bond acceptors (Lipinski definition) is 3. The first-order valence-corrected chi connectivity index (χ1v) is 7.67. The molecule has 2 aliphatic rings. The summed E-state index contributed by atoms with van der Waals surface area (Å²) in [7, 11) is 0. The number of rotatable bonds is 2. The number of halogens is 1. The molecule has 3 rings (SSSR count). The van der Waals surface area contributed by atoms with E-state index in [1.54, 1.807) is 12.3 Å². The molecule has 0 unspecified atom stereocenters. The SMILES string of the molecule is Cl.NCc1cc(C(=O)N2CCC3(CCCCC3)C2)ccn1. The fraction of sp³-hybridized carbons (Fsp3) is 0.625. The molecule has 1 aromatic heterocycles. The Morgan fingerprint density at radius 2 is 2.05 bits per heavy atom. The third-order valence-electron chi connectivity index (χ3n) is 4.91. The van der Waals surface area contributed by atoms with Crippen molar-refractivity contribution in [2.45, 2.75) is 45.1 Å². The Bertz CT molecular complexity index is 500. The van der Waals surface area contributed by atoms with Crippen molar-refractivity contribution in [1.29, 1.82) is 0 Å². The van der Waals surface area contributed by atoms with Gasteiger partial charge in [-0.1, -0.05) is 19.3 Å². The van der Waals surface area contributed by atoms with E-state index in [0.717, 1.165) is 24.3 Å². The van der Waals surface area contributed by atoms with Crippen molar-refractivity contribution in [3.05, 3.63) is 29.6 Å². The molecule has 1 saturated carbocycles. The minimum absolute atomic E-state index is 0. The first-order chi connectivity index (χ1) is 9.72. The number of pyridine rings is 1. The van der Waals surface area contributed by atoms with Gasteiger partial charge >= 0.3 is 0 Å². The fourth-order valence-electron chi connectivity index (χ4n) is 3.72. The summed E-state index contributed by atoms with van der Waals surface area (Å²) < 4.78 is 0. The van der Waals surface area contributed by atoms with Gasteiger partial charge in [-0.2, -0.15) is 0 Å². The molecule has 1 amide bonds. The van der Waals surface area contributed by atoms with Gasteiger partial charge in [0.1, 0.15) is 0 Å². The first-order valence-electron chi connectivity index (χ1n) is 7.67. The van der Waals surface area contributed by atoms with Crippen LogP contribution < -0.4 is 5.73 Å². The van der Waals surface area contributed by atoms with Crippen LogP contribution >= 0.6 is 12.4 Å². The molecule has 21 heavy (non-hydrogen) atoms. The molecule has 116 valence electrons. The third kappa shape index (κ3) is 3.38. The van der Waals surface area contributed by atoms with Gasteiger partial charge in [0.15, 0.2) is 0 Å². The van der Waals surface area contributed by atoms with Crippen LogP contribution in [-0.2, 0) is 6.54 Å². The van der Waals surface area contributed by atoms with E-state index in [4.69, 9.17) is 5.73 Å². The van der Waals surface area contributed by atoms with E-state index < -0.39 is 0 Å². The number of likely N-dealkylation sites (tertiary alicyclic amines) is 1. The molecule has 1 aliphatic carbocycles. The highest BCUT2D eigenvalue weighted by Gasteiger charge is 2.40. The Labute approximate surface area is 132 Å². The lowest BCUT2D eigenvalue weighted by atomic mass is 9.73. The number of nitrogens with two attached hydrogens (primary N) is 1. The maximum absolute atomic E-state index is 12.6. The second kappa shape index (κ2) is 6.75. The number of hydrogen-bond donors (Lipinski definition) is 1. The molecule has 0 atom stereocenters. The predicted molar refractivity (Wildman–Crippen MR) is 85.4 cm³/mol. The van der Waals surface area contributed by atoms with Crippen molar-refractivity contribution >= 4 is 18.3 Å². The average Bonchev–Trinajstić information content (AvgIpc) is 2.91. The molecule has 0 bridgehead atoms. The smallest absolute Gasteiger partial charge is 0.253 e. The molecule has 1 aliphatic heterocycles. The molecule has 1 aromatic rings. The van der Waals surface area contributed by atoms with Crippen molar-refractivity contribution in [2.75, 3.05) is 13.1 Å². The summed E-state index contributed by atoms with van der Waals surface area (Å²) in [6, 6.07) is 3.63. The monoisotopic (exact) mass is 309 g/mol. The summed E-state index contributed by atoms with van der Waals surface area (Å²) in [4.78, 5) is 18.8. The molecule has 2 N–H and O–H groups in total. The maximum atomic E-state index is 12.6. The minimum Gasteiger partial charge on any atom is -0.338 e. The van der Waals surface area contributed by atoms with Crippen LogP contribution in [0.3, 0.4) is 0 Å². The molecular weight excluding hydrogens is 286 g/mol. The number of carbonyl (C=O) groups is 1. The lowest BCUT2D eigenvalue weighted by Gasteiger charge is -2.33. The average molecular weight is 310 g/mol. The van der Waals surface area contributed by atoms with E-state index in [1.165, 1.54) is 38.5 Å². The quantitative estimate of drug-likeness (QED) is 0.914. The fourth-order valence-corrected chi connectivity index (χ4v) is 3.72. The Morgan fingerprint density at radius 1 is 1.29 bits per heavy atom. The molecule has 1 saturated heterocycles. The standard InChI is InChI=1S/C16H23N3O.ClH/c17-11-14-10-13(4-8-18-14)15(20)19-9-7-16(12-19)5-2-1-3-6-16;/h4,8,10H,1-3,5-7,9,11-12,17H2;1H. The Morgan fingerprint density at radius 3 is 2.76 bits per heavy atom. The van der Waals surface area contributed by atoms with Crippen LogP contribution in [0, 0.1) is 5.41 Å². The van der Waals surface area contributed by atoms with Crippen LogP contribution in [0.15, 0.2) is 18.3 Å². The Kier molecular flexibility index (Phi) is 5.22. The summed E-state index contributed by atoms with van der Waals surface area (Å²) in [5, 5.41) is 0. The van der Waals surface area contributed by atoms with Gasteiger partial charge in [0, 0.05) is 31.4 Å². The molecule has 2 heterocycles. The molecular formula is C16H24ClN3O. The Hall–Kier alpha value is -1.13. The van der Waals surface area contributed by atoms with E-state index in [-0.39, 0.29) is 18.3 Å². The van der Waals surface area contributed by atoms with E-state index in [1.807, 2.05) is 11.0 Å². The number of nitrogens with zero attached hydrogens (tertiary/aromatic N) is 2. The van der Waals surface area contributed by atoms with Crippen LogP contribution in [-0.4, -0.2) is 28.9 Å². The largest absolute Gasteiger partial charge is 0.338 e. The summed E-state index contributed by atoms with van der Waals surface area (Å²) >= 11 is 0. The second-order valence-electron chi connectivity index (χ2n) is 6.28. The molecule has 0 radical (unpaired) electrons.